The highest BCUT2D eigenvalue weighted by Crippen LogP contribution is 2.30. The Balaban J connectivity index is 2.74. The molecule has 3 nitrogen and oxygen atoms in total. The first-order valence-corrected chi connectivity index (χ1v) is 6.72. The van der Waals surface area contributed by atoms with Crippen LogP contribution in [0.3, 0.4) is 0 Å². The highest BCUT2D eigenvalue weighted by Gasteiger charge is 2.11. The summed E-state index contributed by atoms with van der Waals surface area (Å²) in [5, 5.41) is 4.03. The van der Waals surface area contributed by atoms with Crippen molar-refractivity contribution in [3.8, 4) is 0 Å². The number of anilines is 1. The topological polar surface area (TPSA) is 42.0 Å². The average molecular weight is 256 g/mol. The van der Waals surface area contributed by atoms with Gasteiger partial charge in [-0.3, -0.25) is 9.78 Å². The van der Waals surface area contributed by atoms with Crippen LogP contribution in [0.1, 0.15) is 44.7 Å². The van der Waals surface area contributed by atoms with Crippen LogP contribution in [-0.4, -0.2) is 10.9 Å². The van der Waals surface area contributed by atoms with Crippen molar-refractivity contribution in [3.05, 3.63) is 35.5 Å². The number of nitrogens with zero attached hydrogens (tertiary/aromatic N) is 1. The number of fused-ring (bicyclic) bond motifs is 1. The first-order chi connectivity index (χ1) is 9.02. The van der Waals surface area contributed by atoms with Crippen LogP contribution in [-0.2, 0) is 11.2 Å². The summed E-state index contributed by atoms with van der Waals surface area (Å²) in [6.07, 6.45) is 2.75. The molecule has 19 heavy (non-hydrogen) atoms. The van der Waals surface area contributed by atoms with E-state index < -0.39 is 0 Å². The van der Waals surface area contributed by atoms with E-state index in [1.165, 1.54) is 18.1 Å². The Labute approximate surface area is 114 Å². The maximum Gasteiger partial charge on any atom is 0.221 e. The van der Waals surface area contributed by atoms with Gasteiger partial charge in [0.2, 0.25) is 5.91 Å². The summed E-state index contributed by atoms with van der Waals surface area (Å²) >= 11 is 0. The number of carbonyl (C=O) groups excluding carboxylic acids is 1. The van der Waals surface area contributed by atoms with Gasteiger partial charge >= 0.3 is 0 Å². The maximum absolute atomic E-state index is 11.3. The zero-order chi connectivity index (χ0) is 14.0. The van der Waals surface area contributed by atoms with Crippen molar-refractivity contribution < 1.29 is 4.79 Å². The van der Waals surface area contributed by atoms with Crippen LogP contribution >= 0.6 is 0 Å². The van der Waals surface area contributed by atoms with Gasteiger partial charge < -0.3 is 5.32 Å². The molecule has 0 atom stereocenters. The van der Waals surface area contributed by atoms with Gasteiger partial charge in [-0.2, -0.15) is 0 Å². The molecular formula is C16H20N2O. The number of nitrogens with one attached hydrogen (secondary N) is 1. The molecule has 0 aliphatic rings. The molecule has 3 heteroatoms. The van der Waals surface area contributed by atoms with Crippen LogP contribution in [0.5, 0.6) is 0 Å². The van der Waals surface area contributed by atoms with Crippen molar-refractivity contribution in [1.29, 1.82) is 0 Å². The van der Waals surface area contributed by atoms with Crippen molar-refractivity contribution in [1.82, 2.24) is 4.98 Å². The molecule has 2 aromatic rings. The minimum absolute atomic E-state index is 0.0636. The number of aromatic nitrogens is 1. The second-order valence-corrected chi connectivity index (χ2v) is 5.13. The Bertz CT molecular complexity index is 617. The maximum atomic E-state index is 11.3. The number of pyridine rings is 1. The van der Waals surface area contributed by atoms with E-state index in [0.29, 0.717) is 5.92 Å². The van der Waals surface area contributed by atoms with Crippen LogP contribution in [0.25, 0.3) is 10.9 Å². The minimum atomic E-state index is -0.0636. The SMILES string of the molecule is CCc1cc(NC(C)=O)c2nccc(C(C)C)c2c1. The summed E-state index contributed by atoms with van der Waals surface area (Å²) in [6.45, 7) is 7.98. The molecule has 0 fully saturated rings. The number of amides is 1. The van der Waals surface area contributed by atoms with Gasteiger partial charge in [-0.25, -0.2) is 0 Å². The highest BCUT2D eigenvalue weighted by atomic mass is 16.1. The van der Waals surface area contributed by atoms with Crippen LogP contribution in [0.4, 0.5) is 5.69 Å². The first kappa shape index (κ1) is 13.5. The smallest absolute Gasteiger partial charge is 0.221 e. The summed E-state index contributed by atoms with van der Waals surface area (Å²) < 4.78 is 0. The molecule has 0 saturated heterocycles. The van der Waals surface area contributed by atoms with Crippen molar-refractivity contribution in [3.63, 3.8) is 0 Å². The fourth-order valence-corrected chi connectivity index (χ4v) is 2.33. The third-order valence-corrected chi connectivity index (χ3v) is 3.28. The van der Waals surface area contributed by atoms with E-state index in [-0.39, 0.29) is 5.91 Å². The molecule has 1 aromatic carbocycles. The molecule has 0 unspecified atom stereocenters. The van der Waals surface area contributed by atoms with E-state index in [4.69, 9.17) is 0 Å². The zero-order valence-corrected chi connectivity index (χ0v) is 11.9. The minimum Gasteiger partial charge on any atom is -0.324 e. The molecular weight excluding hydrogens is 236 g/mol. The molecule has 0 bridgehead atoms. The molecule has 1 heterocycles. The van der Waals surface area contributed by atoms with E-state index >= 15 is 0 Å². The Hall–Kier alpha value is -1.90. The van der Waals surface area contributed by atoms with Gasteiger partial charge in [0.1, 0.15) is 0 Å². The second-order valence-electron chi connectivity index (χ2n) is 5.13. The van der Waals surface area contributed by atoms with Crippen LogP contribution in [0, 0.1) is 0 Å². The molecule has 0 aliphatic carbocycles. The molecule has 100 valence electrons. The summed E-state index contributed by atoms with van der Waals surface area (Å²) in [6, 6.07) is 6.26. The fraction of sp³-hybridized carbons (Fsp3) is 0.375. The molecule has 1 amide bonds. The quantitative estimate of drug-likeness (QED) is 0.905. The molecule has 0 spiro atoms. The molecule has 0 saturated carbocycles. The lowest BCUT2D eigenvalue weighted by Crippen LogP contribution is -2.07. The number of hydrogen-bond donors (Lipinski definition) is 1. The van der Waals surface area contributed by atoms with Crippen molar-refractivity contribution >= 4 is 22.5 Å². The fourth-order valence-electron chi connectivity index (χ4n) is 2.33. The predicted molar refractivity (Wildman–Crippen MR) is 79.5 cm³/mol. The molecule has 0 radical (unpaired) electrons. The Kier molecular flexibility index (Phi) is 3.84. The predicted octanol–water partition coefficient (Wildman–Crippen LogP) is 3.88. The van der Waals surface area contributed by atoms with E-state index in [2.05, 4.69) is 43.2 Å². The second kappa shape index (κ2) is 5.39. The third kappa shape index (κ3) is 2.75. The zero-order valence-electron chi connectivity index (χ0n) is 11.9. The van der Waals surface area contributed by atoms with Crippen LogP contribution < -0.4 is 5.32 Å². The standard InChI is InChI=1S/C16H20N2O/c1-5-12-8-14-13(10(2)3)6-7-17-16(14)15(9-12)18-11(4)19/h6-10H,5H2,1-4H3,(H,18,19). The number of benzene rings is 1. The summed E-state index contributed by atoms with van der Waals surface area (Å²) in [5.74, 6) is 0.370. The van der Waals surface area contributed by atoms with Gasteiger partial charge in [0.15, 0.2) is 0 Å². The number of carbonyl (C=O) groups is 1. The van der Waals surface area contributed by atoms with E-state index in [0.717, 1.165) is 23.0 Å². The Morgan fingerprint density at radius 2 is 2.11 bits per heavy atom. The molecule has 2 rings (SSSR count). The van der Waals surface area contributed by atoms with Crippen LogP contribution in [0.15, 0.2) is 24.4 Å². The number of rotatable bonds is 3. The lowest BCUT2D eigenvalue weighted by atomic mass is 9.96. The van der Waals surface area contributed by atoms with Gasteiger partial charge in [0, 0.05) is 18.5 Å². The Morgan fingerprint density at radius 1 is 1.37 bits per heavy atom. The summed E-state index contributed by atoms with van der Waals surface area (Å²) in [7, 11) is 0. The van der Waals surface area contributed by atoms with Crippen molar-refractivity contribution in [2.45, 2.75) is 40.0 Å². The first-order valence-electron chi connectivity index (χ1n) is 6.72. The molecule has 1 aromatic heterocycles. The highest BCUT2D eigenvalue weighted by molar-refractivity contribution is 6.00. The lowest BCUT2D eigenvalue weighted by molar-refractivity contribution is -0.114. The monoisotopic (exact) mass is 256 g/mol. The lowest BCUT2D eigenvalue weighted by Gasteiger charge is -2.14. The van der Waals surface area contributed by atoms with Crippen LogP contribution in [0.2, 0.25) is 0 Å². The van der Waals surface area contributed by atoms with E-state index in [1.807, 2.05) is 12.3 Å². The van der Waals surface area contributed by atoms with Gasteiger partial charge in [-0.1, -0.05) is 20.8 Å². The third-order valence-electron chi connectivity index (χ3n) is 3.28. The Morgan fingerprint density at radius 3 is 2.68 bits per heavy atom. The van der Waals surface area contributed by atoms with E-state index in [9.17, 15) is 4.79 Å². The molecule has 0 aliphatic heterocycles. The number of hydrogen-bond acceptors (Lipinski definition) is 2. The van der Waals surface area contributed by atoms with Gasteiger partial charge in [0.25, 0.3) is 0 Å². The molecule has 1 N–H and O–H groups in total. The summed E-state index contributed by atoms with van der Waals surface area (Å²) in [4.78, 5) is 15.8. The average Bonchev–Trinajstić information content (AvgIpc) is 2.36. The van der Waals surface area contributed by atoms with Crippen molar-refractivity contribution in [2.24, 2.45) is 0 Å². The number of aryl methyl sites for hydroxylation is 1. The van der Waals surface area contributed by atoms with Gasteiger partial charge in [-0.05, 0) is 41.7 Å². The van der Waals surface area contributed by atoms with Gasteiger partial charge in [-0.15, -0.1) is 0 Å². The summed E-state index contributed by atoms with van der Waals surface area (Å²) in [5.41, 5.74) is 4.17. The van der Waals surface area contributed by atoms with Gasteiger partial charge in [0.05, 0.1) is 11.2 Å². The normalized spacial score (nSPS) is 11.0. The van der Waals surface area contributed by atoms with Crippen molar-refractivity contribution in [2.75, 3.05) is 5.32 Å². The van der Waals surface area contributed by atoms with E-state index in [1.54, 1.807) is 0 Å². The largest absolute Gasteiger partial charge is 0.324 e.